The number of nitrogens with one attached hydrogen (secondary N) is 2. The molecule has 40 heavy (non-hydrogen) atoms. The third-order valence-electron chi connectivity index (χ3n) is 8.99. The van der Waals surface area contributed by atoms with E-state index < -0.39 is 0 Å². The Morgan fingerprint density at radius 2 is 1.45 bits per heavy atom. The Balaban J connectivity index is 1.12. The fourth-order valence-corrected chi connectivity index (χ4v) is 7.11. The fourth-order valence-electron chi connectivity index (χ4n) is 7.11. The molecule has 6 heteroatoms. The van der Waals surface area contributed by atoms with E-state index in [9.17, 15) is 4.79 Å². The summed E-state index contributed by atoms with van der Waals surface area (Å²) in [7, 11) is 0. The van der Waals surface area contributed by atoms with E-state index in [0.29, 0.717) is 6.54 Å². The number of fused-ring (bicyclic) bond motifs is 10. The van der Waals surface area contributed by atoms with Crippen LogP contribution in [0, 0.1) is 0 Å². The zero-order valence-corrected chi connectivity index (χ0v) is 22.6. The van der Waals surface area contributed by atoms with Gasteiger partial charge in [-0.1, -0.05) is 66.7 Å². The van der Waals surface area contributed by atoms with Crippen molar-refractivity contribution in [2.45, 2.75) is 26.1 Å². The second-order valence-electron chi connectivity index (χ2n) is 11.3. The quantitative estimate of drug-likeness (QED) is 0.284. The molecule has 200 valence electrons. The standard InChI is InChI=1S/C34H33N5O/c40-34-31-26(21-35-34)29-25-12-5-7-14-28(25)39(33(29)32-30(31)24-11-4-6-13-27(24)36-32)16-8-15-37-17-19-38(20-18-37)22-23-9-2-1-3-10-23/h1-7,9-14,36H,8,15-22H2,(H,35,40). The van der Waals surface area contributed by atoms with Crippen LogP contribution in [0.5, 0.6) is 0 Å². The van der Waals surface area contributed by atoms with Gasteiger partial charge in [0.1, 0.15) is 0 Å². The second kappa shape index (κ2) is 9.51. The lowest BCUT2D eigenvalue weighted by Gasteiger charge is -2.34. The molecular formula is C34H33N5O. The number of hydrogen-bond acceptors (Lipinski definition) is 3. The maximum atomic E-state index is 13.1. The van der Waals surface area contributed by atoms with Gasteiger partial charge in [-0.15, -0.1) is 0 Å². The third-order valence-corrected chi connectivity index (χ3v) is 8.99. The van der Waals surface area contributed by atoms with Gasteiger partial charge in [0, 0.05) is 78.4 Å². The lowest BCUT2D eigenvalue weighted by atomic mass is 9.97. The molecule has 2 N–H and O–H groups in total. The van der Waals surface area contributed by atoms with Crippen molar-refractivity contribution in [1.29, 1.82) is 0 Å². The van der Waals surface area contributed by atoms with Crippen molar-refractivity contribution < 1.29 is 4.79 Å². The number of nitrogens with zero attached hydrogens (tertiary/aromatic N) is 3. The van der Waals surface area contributed by atoms with Crippen LogP contribution < -0.4 is 5.32 Å². The Hall–Kier alpha value is -4.13. The maximum absolute atomic E-state index is 13.1. The van der Waals surface area contributed by atoms with Crippen LogP contribution in [0.1, 0.15) is 27.9 Å². The number of aryl methyl sites for hydroxylation is 1. The van der Waals surface area contributed by atoms with Gasteiger partial charge in [-0.25, -0.2) is 0 Å². The summed E-state index contributed by atoms with van der Waals surface area (Å²) in [6.07, 6.45) is 1.09. The topological polar surface area (TPSA) is 56.3 Å². The van der Waals surface area contributed by atoms with E-state index in [1.807, 2.05) is 0 Å². The van der Waals surface area contributed by atoms with Gasteiger partial charge in [0.05, 0.1) is 16.6 Å². The fraction of sp³-hybridized carbons (Fsp3) is 0.265. The first-order chi connectivity index (χ1) is 19.8. The molecule has 4 heterocycles. The van der Waals surface area contributed by atoms with Crippen LogP contribution in [0.4, 0.5) is 0 Å². The number of aromatic nitrogens is 2. The van der Waals surface area contributed by atoms with Gasteiger partial charge in [0.15, 0.2) is 0 Å². The van der Waals surface area contributed by atoms with Crippen LogP contribution in [0.25, 0.3) is 43.6 Å². The zero-order valence-electron chi connectivity index (χ0n) is 22.6. The molecule has 2 aliphatic heterocycles. The van der Waals surface area contributed by atoms with Gasteiger partial charge in [-0.2, -0.15) is 0 Å². The summed E-state index contributed by atoms with van der Waals surface area (Å²) in [6.45, 7) is 8.13. The van der Waals surface area contributed by atoms with Crippen molar-refractivity contribution >= 4 is 49.5 Å². The molecule has 0 bridgehead atoms. The molecule has 1 saturated heterocycles. The first-order valence-corrected chi connectivity index (χ1v) is 14.5. The number of rotatable bonds is 6. The van der Waals surface area contributed by atoms with E-state index >= 15 is 0 Å². The Labute approximate surface area is 233 Å². The van der Waals surface area contributed by atoms with Crippen molar-refractivity contribution in [2.75, 3.05) is 32.7 Å². The summed E-state index contributed by atoms with van der Waals surface area (Å²) in [5.74, 6) is 0.0369. The smallest absolute Gasteiger partial charge is 0.252 e. The molecule has 2 aromatic heterocycles. The number of para-hydroxylation sites is 2. The van der Waals surface area contributed by atoms with E-state index in [-0.39, 0.29) is 5.91 Å². The highest BCUT2D eigenvalue weighted by molar-refractivity contribution is 6.30. The predicted octanol–water partition coefficient (Wildman–Crippen LogP) is 5.88. The molecule has 0 saturated carbocycles. The van der Waals surface area contributed by atoms with Gasteiger partial charge < -0.3 is 19.8 Å². The van der Waals surface area contributed by atoms with Crippen molar-refractivity contribution in [1.82, 2.24) is 24.7 Å². The minimum absolute atomic E-state index is 0.0369. The summed E-state index contributed by atoms with van der Waals surface area (Å²) in [4.78, 5) is 22.0. The molecule has 4 aromatic carbocycles. The lowest BCUT2D eigenvalue weighted by Crippen LogP contribution is -2.46. The largest absolute Gasteiger partial charge is 0.353 e. The van der Waals surface area contributed by atoms with Crippen LogP contribution in [0.15, 0.2) is 78.9 Å². The number of piperazine rings is 1. The monoisotopic (exact) mass is 527 g/mol. The summed E-state index contributed by atoms with van der Waals surface area (Å²) < 4.78 is 2.51. The molecule has 0 atom stereocenters. The summed E-state index contributed by atoms with van der Waals surface area (Å²) >= 11 is 0. The summed E-state index contributed by atoms with van der Waals surface area (Å²) in [5.41, 5.74) is 8.02. The van der Waals surface area contributed by atoms with Gasteiger partial charge in [0.25, 0.3) is 5.91 Å². The van der Waals surface area contributed by atoms with Gasteiger partial charge in [0.2, 0.25) is 0 Å². The van der Waals surface area contributed by atoms with E-state index in [1.165, 1.54) is 27.4 Å². The molecule has 1 amide bonds. The lowest BCUT2D eigenvalue weighted by molar-refractivity contribution is 0.0967. The maximum Gasteiger partial charge on any atom is 0.252 e. The molecule has 0 spiro atoms. The molecule has 6 aromatic rings. The first-order valence-electron chi connectivity index (χ1n) is 14.5. The SMILES string of the molecule is O=C1NCc2c1c1c3ccccc3[nH]c1c1c2c2ccccc2n1CCCN1CCN(Cc2ccccc2)CC1. The molecule has 0 aliphatic carbocycles. The molecule has 0 unspecified atom stereocenters. The van der Waals surface area contributed by atoms with Crippen LogP contribution in [-0.4, -0.2) is 58.0 Å². The van der Waals surface area contributed by atoms with Crippen molar-refractivity contribution in [3.05, 3.63) is 95.6 Å². The highest BCUT2D eigenvalue weighted by Gasteiger charge is 2.30. The summed E-state index contributed by atoms with van der Waals surface area (Å²) in [5, 5.41) is 7.77. The molecule has 8 rings (SSSR count). The normalized spacial score (nSPS) is 16.4. The van der Waals surface area contributed by atoms with Crippen LogP contribution in [0.3, 0.4) is 0 Å². The van der Waals surface area contributed by atoms with Crippen molar-refractivity contribution in [3.8, 4) is 0 Å². The number of carbonyl (C=O) groups excluding carboxylic acids is 1. The number of H-pyrrole nitrogens is 1. The van der Waals surface area contributed by atoms with E-state index in [0.717, 1.165) is 85.2 Å². The van der Waals surface area contributed by atoms with Crippen molar-refractivity contribution in [2.24, 2.45) is 0 Å². The van der Waals surface area contributed by atoms with Crippen molar-refractivity contribution in [3.63, 3.8) is 0 Å². The minimum atomic E-state index is 0.0369. The highest BCUT2D eigenvalue weighted by Crippen LogP contribution is 2.43. The summed E-state index contributed by atoms with van der Waals surface area (Å²) in [6, 6.07) is 27.9. The average molecular weight is 528 g/mol. The molecule has 6 nitrogen and oxygen atoms in total. The predicted molar refractivity (Wildman–Crippen MR) is 163 cm³/mol. The Kier molecular flexibility index (Phi) is 5.64. The Morgan fingerprint density at radius 3 is 2.30 bits per heavy atom. The van der Waals surface area contributed by atoms with Gasteiger partial charge in [-0.05, 0) is 36.2 Å². The van der Waals surface area contributed by atoms with Crippen LogP contribution >= 0.6 is 0 Å². The Bertz CT molecular complexity index is 1890. The number of benzene rings is 4. The van der Waals surface area contributed by atoms with E-state index in [4.69, 9.17) is 0 Å². The van der Waals surface area contributed by atoms with E-state index in [2.05, 4.69) is 104 Å². The van der Waals surface area contributed by atoms with Crippen LogP contribution in [-0.2, 0) is 19.6 Å². The van der Waals surface area contributed by atoms with Crippen LogP contribution in [0.2, 0.25) is 0 Å². The number of amides is 1. The number of hydrogen-bond donors (Lipinski definition) is 2. The Morgan fingerprint density at radius 1 is 0.725 bits per heavy atom. The second-order valence-corrected chi connectivity index (χ2v) is 11.3. The molecule has 0 radical (unpaired) electrons. The minimum Gasteiger partial charge on any atom is -0.353 e. The number of carbonyl (C=O) groups is 1. The molecular weight excluding hydrogens is 494 g/mol. The van der Waals surface area contributed by atoms with Gasteiger partial charge in [-0.3, -0.25) is 9.69 Å². The molecule has 1 fully saturated rings. The average Bonchev–Trinajstić information content (AvgIpc) is 3.66. The number of aromatic amines is 1. The van der Waals surface area contributed by atoms with E-state index in [1.54, 1.807) is 0 Å². The zero-order chi connectivity index (χ0) is 26.6. The third kappa shape index (κ3) is 3.74. The highest BCUT2D eigenvalue weighted by atomic mass is 16.1. The first kappa shape index (κ1) is 23.7. The van der Waals surface area contributed by atoms with Gasteiger partial charge >= 0.3 is 0 Å². The molecule has 2 aliphatic rings.